The zero-order valence-electron chi connectivity index (χ0n) is 23.2. The lowest BCUT2D eigenvalue weighted by Gasteiger charge is -2.43. The Bertz CT molecular complexity index is 915. The van der Waals surface area contributed by atoms with Crippen LogP contribution in [0.5, 0.6) is 0 Å². The van der Waals surface area contributed by atoms with Gasteiger partial charge in [-0.2, -0.15) is 0 Å². The maximum Gasteiger partial charge on any atom is 0.302 e. The summed E-state index contributed by atoms with van der Waals surface area (Å²) >= 11 is 0. The normalized spacial score (nSPS) is 15.4. The monoisotopic (exact) mass is 512 g/mol. The van der Waals surface area contributed by atoms with E-state index in [-0.39, 0.29) is 47.4 Å². The first-order valence-electron chi connectivity index (χ1n) is 12.9. The van der Waals surface area contributed by atoms with Crippen LogP contribution in [0.25, 0.3) is 0 Å². The molecule has 0 radical (unpaired) electrons. The van der Waals surface area contributed by atoms with Crippen molar-refractivity contribution in [2.45, 2.75) is 73.0 Å². The molecule has 0 fully saturated rings. The van der Waals surface area contributed by atoms with Crippen molar-refractivity contribution in [1.82, 2.24) is 0 Å². The molecule has 0 spiro atoms. The van der Waals surface area contributed by atoms with E-state index >= 15 is 0 Å². The first kappa shape index (κ1) is 29.8. The van der Waals surface area contributed by atoms with Gasteiger partial charge in [0.05, 0.1) is 6.61 Å². The van der Waals surface area contributed by atoms with Crippen LogP contribution in [0.1, 0.15) is 61.8 Å². The van der Waals surface area contributed by atoms with Gasteiger partial charge in [-0.05, 0) is 33.7 Å². The van der Waals surface area contributed by atoms with Gasteiger partial charge in [0.1, 0.15) is 6.10 Å². The molecule has 0 unspecified atom stereocenters. The predicted molar refractivity (Wildman–Crippen MR) is 148 cm³/mol. The fourth-order valence-corrected chi connectivity index (χ4v) is 9.88. The molecule has 36 heavy (non-hydrogen) atoms. The molecule has 198 valence electrons. The molecule has 2 aromatic carbocycles. The highest BCUT2D eigenvalue weighted by Gasteiger charge is 2.50. The van der Waals surface area contributed by atoms with Crippen molar-refractivity contribution in [2.75, 3.05) is 13.2 Å². The highest BCUT2D eigenvalue weighted by atomic mass is 28.4. The van der Waals surface area contributed by atoms with Gasteiger partial charge in [-0.3, -0.25) is 9.59 Å². The van der Waals surface area contributed by atoms with Gasteiger partial charge >= 0.3 is 11.9 Å². The zero-order chi connectivity index (χ0) is 26.9. The third kappa shape index (κ3) is 7.78. The summed E-state index contributed by atoms with van der Waals surface area (Å²) in [6.45, 7) is 16.7. The molecule has 0 aliphatic heterocycles. The van der Waals surface area contributed by atoms with Crippen LogP contribution in [0.2, 0.25) is 5.04 Å². The number of carbonyl (C=O) groups excluding carboxylic acids is 2. The van der Waals surface area contributed by atoms with Crippen LogP contribution in [0.15, 0.2) is 60.7 Å². The first-order valence-corrected chi connectivity index (χ1v) is 14.8. The third-order valence-electron chi connectivity index (χ3n) is 6.75. The molecule has 0 aliphatic rings. The molecule has 0 amide bonds. The van der Waals surface area contributed by atoms with Crippen molar-refractivity contribution in [3.8, 4) is 0 Å². The number of benzene rings is 2. The fourth-order valence-electron chi connectivity index (χ4n) is 5.19. The summed E-state index contributed by atoms with van der Waals surface area (Å²) in [6, 6.07) is 21.3. The van der Waals surface area contributed by atoms with E-state index in [1.54, 1.807) is 0 Å². The SMILES string of the molecule is CC(=O)OC[C@H](C)[C@@H](OC(C)=O)[C@@H](C)C[C@@H](C)CO[Si](c1ccccc1)(c1ccccc1)C(C)(C)C. The highest BCUT2D eigenvalue weighted by Crippen LogP contribution is 2.37. The van der Waals surface area contributed by atoms with Crippen molar-refractivity contribution >= 4 is 30.6 Å². The van der Waals surface area contributed by atoms with E-state index in [0.717, 1.165) is 6.42 Å². The Hall–Kier alpha value is -2.44. The summed E-state index contributed by atoms with van der Waals surface area (Å²) in [7, 11) is -2.61. The second-order valence-corrected chi connectivity index (χ2v) is 15.5. The molecule has 6 heteroatoms. The average Bonchev–Trinajstić information content (AvgIpc) is 2.81. The van der Waals surface area contributed by atoms with Crippen LogP contribution >= 0.6 is 0 Å². The standard InChI is InChI=1S/C30H44O5Si/c1-22(19-23(2)29(35-26(5)32)24(3)21-33-25(4)31)20-34-36(30(6,7)8,27-15-11-9-12-16-27)28-17-13-10-14-18-28/h9-18,22-24,29H,19-21H2,1-8H3/t22-,23+,24+,29+/m1/s1. The number of hydrogen-bond donors (Lipinski definition) is 0. The van der Waals surface area contributed by atoms with Gasteiger partial charge in [0, 0.05) is 26.4 Å². The molecule has 4 atom stereocenters. The van der Waals surface area contributed by atoms with Crippen molar-refractivity contribution < 1.29 is 23.5 Å². The van der Waals surface area contributed by atoms with Crippen LogP contribution < -0.4 is 10.4 Å². The van der Waals surface area contributed by atoms with Crippen LogP contribution in [0.3, 0.4) is 0 Å². The second-order valence-electron chi connectivity index (χ2n) is 11.1. The molecule has 2 aromatic rings. The molecule has 0 aromatic heterocycles. The molecule has 0 heterocycles. The lowest BCUT2D eigenvalue weighted by molar-refractivity contribution is -0.156. The van der Waals surface area contributed by atoms with E-state index in [9.17, 15) is 9.59 Å². The Labute approximate surface area is 218 Å². The molecular formula is C30H44O5Si. The first-order chi connectivity index (χ1) is 16.9. The van der Waals surface area contributed by atoms with Gasteiger partial charge < -0.3 is 13.9 Å². The molecule has 0 saturated heterocycles. The average molecular weight is 513 g/mol. The zero-order valence-corrected chi connectivity index (χ0v) is 24.2. The summed E-state index contributed by atoms with van der Waals surface area (Å²) < 4.78 is 18.0. The number of carbonyl (C=O) groups is 2. The van der Waals surface area contributed by atoms with Crippen LogP contribution in [-0.4, -0.2) is 39.6 Å². The minimum Gasteiger partial charge on any atom is -0.465 e. The van der Waals surface area contributed by atoms with Crippen LogP contribution in [0, 0.1) is 17.8 Å². The Balaban J connectivity index is 2.26. The Morgan fingerprint density at radius 1 is 0.778 bits per heavy atom. The largest absolute Gasteiger partial charge is 0.465 e. The molecule has 5 nitrogen and oxygen atoms in total. The minimum atomic E-state index is -2.61. The quantitative estimate of drug-likeness (QED) is 0.283. The Morgan fingerprint density at radius 3 is 1.69 bits per heavy atom. The lowest BCUT2D eigenvalue weighted by atomic mass is 9.87. The Kier molecular flexibility index (Phi) is 10.9. The Morgan fingerprint density at radius 2 is 1.28 bits per heavy atom. The molecular weight excluding hydrogens is 468 g/mol. The van der Waals surface area contributed by atoms with Gasteiger partial charge in [0.2, 0.25) is 0 Å². The van der Waals surface area contributed by atoms with Crippen LogP contribution in [-0.2, 0) is 23.5 Å². The third-order valence-corrected chi connectivity index (χ3v) is 11.8. The molecule has 0 bridgehead atoms. The second kappa shape index (κ2) is 13.2. The van der Waals surface area contributed by atoms with Gasteiger partial charge in [0.25, 0.3) is 8.32 Å². The topological polar surface area (TPSA) is 61.8 Å². The van der Waals surface area contributed by atoms with Gasteiger partial charge in [0.15, 0.2) is 0 Å². The molecule has 0 aliphatic carbocycles. The maximum atomic E-state index is 11.8. The van der Waals surface area contributed by atoms with Crippen molar-refractivity contribution in [3.63, 3.8) is 0 Å². The smallest absolute Gasteiger partial charge is 0.302 e. The van der Waals surface area contributed by atoms with E-state index in [2.05, 4.69) is 83.1 Å². The number of esters is 2. The van der Waals surface area contributed by atoms with E-state index in [0.29, 0.717) is 6.61 Å². The highest BCUT2D eigenvalue weighted by molar-refractivity contribution is 6.99. The number of hydrogen-bond acceptors (Lipinski definition) is 5. The van der Waals surface area contributed by atoms with Gasteiger partial charge in [-0.15, -0.1) is 0 Å². The van der Waals surface area contributed by atoms with Gasteiger partial charge in [-0.25, -0.2) is 0 Å². The fraction of sp³-hybridized carbons (Fsp3) is 0.533. The predicted octanol–water partition coefficient (Wildman–Crippen LogP) is 5.36. The van der Waals surface area contributed by atoms with Crippen molar-refractivity contribution in [2.24, 2.45) is 17.8 Å². The van der Waals surface area contributed by atoms with E-state index in [4.69, 9.17) is 13.9 Å². The van der Waals surface area contributed by atoms with E-state index < -0.39 is 8.32 Å². The van der Waals surface area contributed by atoms with E-state index in [1.165, 1.54) is 24.2 Å². The molecule has 0 N–H and O–H groups in total. The van der Waals surface area contributed by atoms with Crippen LogP contribution in [0.4, 0.5) is 0 Å². The summed E-state index contributed by atoms with van der Waals surface area (Å²) in [5, 5.41) is 2.44. The minimum absolute atomic E-state index is 0.0808. The maximum absolute atomic E-state index is 11.8. The number of ether oxygens (including phenoxy) is 2. The summed E-state index contributed by atoms with van der Waals surface area (Å²) in [6.07, 6.45) is 0.484. The summed E-state index contributed by atoms with van der Waals surface area (Å²) in [4.78, 5) is 23.1. The van der Waals surface area contributed by atoms with Crippen molar-refractivity contribution in [3.05, 3.63) is 60.7 Å². The van der Waals surface area contributed by atoms with Gasteiger partial charge in [-0.1, -0.05) is 102 Å². The van der Waals surface area contributed by atoms with E-state index in [1.807, 2.05) is 19.1 Å². The lowest BCUT2D eigenvalue weighted by Crippen LogP contribution is -2.66. The summed E-state index contributed by atoms with van der Waals surface area (Å²) in [5.41, 5.74) is 0. The summed E-state index contributed by atoms with van der Waals surface area (Å²) in [5.74, 6) is -0.434. The molecule has 0 saturated carbocycles. The number of rotatable bonds is 12. The van der Waals surface area contributed by atoms with Crippen molar-refractivity contribution in [1.29, 1.82) is 0 Å². The molecule has 2 rings (SSSR count).